The number of hydrogen-bond donors (Lipinski definition) is 1. The van der Waals surface area contributed by atoms with Crippen LogP contribution < -0.4 is 0 Å². The molecule has 1 unspecified atom stereocenters. The lowest BCUT2D eigenvalue weighted by Crippen LogP contribution is -2.42. The van der Waals surface area contributed by atoms with Gasteiger partial charge in [-0.25, -0.2) is 0 Å². The number of carbonyl (C=O) groups is 1. The number of benzene rings is 1. The zero-order valence-electron chi connectivity index (χ0n) is 15.9. The first-order chi connectivity index (χ1) is 11.0. The van der Waals surface area contributed by atoms with E-state index in [0.717, 1.165) is 17.5 Å². The second-order valence-electron chi connectivity index (χ2n) is 7.84. The Hall–Kier alpha value is -1.17. The van der Waals surface area contributed by atoms with Crippen LogP contribution in [0.1, 0.15) is 38.3 Å². The largest absolute Gasteiger partial charge is 0.469 e. The van der Waals surface area contributed by atoms with E-state index in [4.69, 9.17) is 9.16 Å². The Balaban J connectivity index is 2.48. The van der Waals surface area contributed by atoms with Crippen molar-refractivity contribution in [2.24, 2.45) is 0 Å². The van der Waals surface area contributed by atoms with Crippen LogP contribution in [0.15, 0.2) is 24.3 Å². The van der Waals surface area contributed by atoms with Gasteiger partial charge in [-0.05, 0) is 42.1 Å². The van der Waals surface area contributed by atoms with E-state index in [0.29, 0.717) is 13.0 Å². The number of ether oxygens (including phenoxy) is 1. The fraction of sp³-hybridized carbons (Fsp3) is 0.632. The topological polar surface area (TPSA) is 55.8 Å². The van der Waals surface area contributed by atoms with E-state index in [-0.39, 0.29) is 17.4 Å². The van der Waals surface area contributed by atoms with Gasteiger partial charge < -0.3 is 14.3 Å². The minimum absolute atomic E-state index is 0.148. The van der Waals surface area contributed by atoms with E-state index in [1.807, 2.05) is 24.3 Å². The quantitative estimate of drug-likeness (QED) is 0.572. The molecule has 0 bridgehead atoms. The van der Waals surface area contributed by atoms with Crippen LogP contribution in [0, 0.1) is 0 Å². The van der Waals surface area contributed by atoms with E-state index < -0.39 is 14.4 Å². The number of methoxy groups -OCH3 is 1. The molecule has 0 amide bonds. The third-order valence-electron chi connectivity index (χ3n) is 4.78. The lowest BCUT2D eigenvalue weighted by atomic mass is 10.0. The zero-order valence-corrected chi connectivity index (χ0v) is 16.9. The van der Waals surface area contributed by atoms with Gasteiger partial charge in [-0.15, -0.1) is 0 Å². The molecule has 0 radical (unpaired) electrons. The number of aliphatic hydroxyl groups is 1. The molecule has 1 N–H and O–H groups in total. The maximum atomic E-state index is 11.3. The summed E-state index contributed by atoms with van der Waals surface area (Å²) >= 11 is 0. The van der Waals surface area contributed by atoms with E-state index in [9.17, 15) is 9.90 Å². The standard InChI is InChI=1S/C19H32O4Si/c1-19(2,3)24(5,6)23-14-17(20)11-10-15-8-7-9-16(12-15)13-18(21)22-4/h7-9,12,17,20H,10-11,13-14H2,1-6H3. The minimum atomic E-state index is -1.82. The zero-order chi connectivity index (χ0) is 18.4. The van der Waals surface area contributed by atoms with Crippen molar-refractivity contribution in [3.05, 3.63) is 35.4 Å². The van der Waals surface area contributed by atoms with Crippen LogP contribution >= 0.6 is 0 Å². The number of esters is 1. The Kier molecular flexibility index (Phi) is 7.64. The van der Waals surface area contributed by atoms with Crippen LogP contribution in [0.3, 0.4) is 0 Å². The molecule has 0 aliphatic carbocycles. The Morgan fingerprint density at radius 1 is 1.25 bits per heavy atom. The molecule has 1 aromatic carbocycles. The highest BCUT2D eigenvalue weighted by molar-refractivity contribution is 6.74. The lowest BCUT2D eigenvalue weighted by molar-refractivity contribution is -0.139. The van der Waals surface area contributed by atoms with Crippen LogP contribution in [-0.4, -0.2) is 39.2 Å². The molecule has 0 aromatic heterocycles. The van der Waals surface area contributed by atoms with Gasteiger partial charge in [0.25, 0.3) is 0 Å². The van der Waals surface area contributed by atoms with Gasteiger partial charge in [0.05, 0.1) is 26.2 Å². The van der Waals surface area contributed by atoms with Crippen molar-refractivity contribution in [1.29, 1.82) is 0 Å². The van der Waals surface area contributed by atoms with Crippen molar-refractivity contribution in [1.82, 2.24) is 0 Å². The molecule has 1 atom stereocenters. The summed E-state index contributed by atoms with van der Waals surface area (Å²) in [4.78, 5) is 11.3. The summed E-state index contributed by atoms with van der Waals surface area (Å²) in [7, 11) is -0.425. The summed E-state index contributed by atoms with van der Waals surface area (Å²) in [6, 6.07) is 7.87. The van der Waals surface area contributed by atoms with Crippen molar-refractivity contribution in [2.45, 2.75) is 64.3 Å². The molecule has 4 nitrogen and oxygen atoms in total. The summed E-state index contributed by atoms with van der Waals surface area (Å²) in [6.07, 6.45) is 1.22. The fourth-order valence-electron chi connectivity index (χ4n) is 2.07. The second kappa shape index (κ2) is 8.79. The Morgan fingerprint density at radius 2 is 1.88 bits per heavy atom. The Bertz CT molecular complexity index is 534. The predicted molar refractivity (Wildman–Crippen MR) is 99.6 cm³/mol. The SMILES string of the molecule is COC(=O)Cc1cccc(CCC(O)CO[Si](C)(C)C(C)(C)C)c1. The van der Waals surface area contributed by atoms with Crippen molar-refractivity contribution >= 4 is 14.3 Å². The maximum Gasteiger partial charge on any atom is 0.309 e. The highest BCUT2D eigenvalue weighted by atomic mass is 28.4. The average molecular weight is 353 g/mol. The number of aliphatic hydroxyl groups excluding tert-OH is 1. The van der Waals surface area contributed by atoms with Gasteiger partial charge in [0.1, 0.15) is 0 Å². The van der Waals surface area contributed by atoms with Crippen molar-refractivity contribution in [3.63, 3.8) is 0 Å². The average Bonchev–Trinajstić information content (AvgIpc) is 2.50. The van der Waals surface area contributed by atoms with Gasteiger partial charge in [-0.3, -0.25) is 4.79 Å². The third kappa shape index (κ3) is 6.75. The summed E-state index contributed by atoms with van der Waals surface area (Å²) < 4.78 is 10.8. The maximum absolute atomic E-state index is 11.3. The molecule has 0 saturated heterocycles. The van der Waals surface area contributed by atoms with E-state index >= 15 is 0 Å². The summed E-state index contributed by atoms with van der Waals surface area (Å²) in [6.45, 7) is 11.3. The first kappa shape index (κ1) is 20.9. The molecule has 1 rings (SSSR count). The monoisotopic (exact) mass is 352 g/mol. The van der Waals surface area contributed by atoms with Crippen LogP contribution in [0.5, 0.6) is 0 Å². The number of hydrogen-bond acceptors (Lipinski definition) is 4. The number of aryl methyl sites for hydroxylation is 1. The molecule has 0 heterocycles. The third-order valence-corrected chi connectivity index (χ3v) is 9.28. The summed E-state index contributed by atoms with van der Waals surface area (Å²) in [5.41, 5.74) is 2.05. The van der Waals surface area contributed by atoms with Gasteiger partial charge in [0.15, 0.2) is 8.32 Å². The molecule has 136 valence electrons. The molecule has 0 aliphatic heterocycles. The van der Waals surface area contributed by atoms with Crippen molar-refractivity contribution in [3.8, 4) is 0 Å². The van der Waals surface area contributed by atoms with Crippen LogP contribution in [0.2, 0.25) is 18.1 Å². The van der Waals surface area contributed by atoms with Gasteiger partial charge in [-0.2, -0.15) is 0 Å². The van der Waals surface area contributed by atoms with Crippen LogP contribution in [0.25, 0.3) is 0 Å². The van der Waals surface area contributed by atoms with Gasteiger partial charge in [-0.1, -0.05) is 45.0 Å². The van der Waals surface area contributed by atoms with E-state index in [1.54, 1.807) is 0 Å². The Labute approximate surface area is 147 Å². The smallest absolute Gasteiger partial charge is 0.309 e. The minimum Gasteiger partial charge on any atom is -0.469 e. The molecule has 0 saturated carbocycles. The normalized spacial score (nSPS) is 13.6. The fourth-order valence-corrected chi connectivity index (χ4v) is 3.11. The first-order valence-corrected chi connectivity index (χ1v) is 11.4. The van der Waals surface area contributed by atoms with Crippen molar-refractivity contribution < 1.29 is 19.1 Å². The van der Waals surface area contributed by atoms with Gasteiger partial charge >= 0.3 is 5.97 Å². The predicted octanol–water partition coefficient (Wildman–Crippen LogP) is 3.72. The molecule has 24 heavy (non-hydrogen) atoms. The van der Waals surface area contributed by atoms with Crippen LogP contribution in [-0.2, 0) is 26.8 Å². The molecular formula is C19H32O4Si. The molecular weight excluding hydrogens is 320 g/mol. The molecule has 0 aliphatic rings. The molecule has 0 spiro atoms. The molecule has 5 heteroatoms. The van der Waals surface area contributed by atoms with Crippen LogP contribution in [0.4, 0.5) is 0 Å². The summed E-state index contributed by atoms with van der Waals surface area (Å²) in [5, 5.41) is 10.4. The van der Waals surface area contributed by atoms with Gasteiger partial charge in [0.2, 0.25) is 0 Å². The highest BCUT2D eigenvalue weighted by Crippen LogP contribution is 2.36. The summed E-state index contributed by atoms with van der Waals surface area (Å²) in [5.74, 6) is -0.241. The molecule has 1 aromatic rings. The lowest BCUT2D eigenvalue weighted by Gasteiger charge is -2.36. The van der Waals surface area contributed by atoms with Crippen molar-refractivity contribution in [2.75, 3.05) is 13.7 Å². The number of rotatable bonds is 8. The first-order valence-electron chi connectivity index (χ1n) is 8.52. The van der Waals surface area contributed by atoms with Gasteiger partial charge in [0, 0.05) is 0 Å². The Morgan fingerprint density at radius 3 is 2.46 bits per heavy atom. The highest BCUT2D eigenvalue weighted by Gasteiger charge is 2.37. The number of carbonyl (C=O) groups excluding carboxylic acids is 1. The van der Waals surface area contributed by atoms with E-state index in [1.165, 1.54) is 7.11 Å². The second-order valence-corrected chi connectivity index (χ2v) is 12.6. The van der Waals surface area contributed by atoms with E-state index in [2.05, 4.69) is 33.9 Å². The molecule has 0 fully saturated rings.